The Morgan fingerprint density at radius 1 is 0.243 bits per heavy atom. The molecule has 0 aliphatic rings. The summed E-state index contributed by atoms with van der Waals surface area (Å²) in [7, 11) is 0. The van der Waals surface area contributed by atoms with Gasteiger partial charge in [-0.05, 0) is 137 Å². The van der Waals surface area contributed by atoms with Crippen LogP contribution in [0.2, 0.25) is 0 Å². The van der Waals surface area contributed by atoms with Crippen LogP contribution in [-0.4, -0.2) is 0 Å². The van der Waals surface area contributed by atoms with Gasteiger partial charge < -0.3 is 9.80 Å². The fourth-order valence-corrected chi connectivity index (χ4v) is 10.4. The first-order valence-electron chi connectivity index (χ1n) is 24.3. The monoisotopic (exact) mass is 896 g/mol. The molecule has 0 heterocycles. The van der Waals surface area contributed by atoms with Crippen molar-refractivity contribution in [2.24, 2.45) is 0 Å². The van der Waals surface area contributed by atoms with E-state index in [1.54, 1.807) is 0 Å². The van der Waals surface area contributed by atoms with Crippen molar-refractivity contribution in [3.63, 3.8) is 0 Å². The number of hydrogen-bond acceptors (Lipinski definition) is 2. The Balaban J connectivity index is 1.04. The third-order valence-corrected chi connectivity index (χ3v) is 14.0. The number of benzene rings is 12. The second-order valence-electron chi connectivity index (χ2n) is 18.9. The maximum absolute atomic E-state index is 2.47. The van der Waals surface area contributed by atoms with E-state index in [2.05, 4.69) is 280 Å². The summed E-state index contributed by atoms with van der Waals surface area (Å²) in [5.74, 6) is 0. The predicted octanol–water partition coefficient (Wildman–Crippen LogP) is 19.4. The van der Waals surface area contributed by atoms with E-state index in [1.807, 2.05) is 0 Å². The first-order chi connectivity index (χ1) is 34.3. The summed E-state index contributed by atoms with van der Waals surface area (Å²) < 4.78 is 0. The van der Waals surface area contributed by atoms with Gasteiger partial charge in [0.1, 0.15) is 0 Å². The molecule has 12 aromatic rings. The van der Waals surface area contributed by atoms with Gasteiger partial charge in [0.25, 0.3) is 0 Å². The molecule has 0 radical (unpaired) electrons. The Kier molecular flexibility index (Phi) is 10.8. The summed E-state index contributed by atoms with van der Waals surface area (Å²) in [6.07, 6.45) is 8.78. The Hall–Kier alpha value is -8.72. The molecule has 0 N–H and O–H groups in total. The van der Waals surface area contributed by atoms with E-state index < -0.39 is 0 Å². The molecule has 0 atom stereocenters. The lowest BCUT2D eigenvalue weighted by Crippen LogP contribution is -2.12. The summed E-state index contributed by atoms with van der Waals surface area (Å²) in [5, 5.41) is 12.5. The van der Waals surface area contributed by atoms with Crippen LogP contribution in [0, 0.1) is 27.7 Å². The molecule has 12 rings (SSSR count). The number of aryl methyl sites for hydroxylation is 4. The van der Waals surface area contributed by atoms with Gasteiger partial charge in [-0.25, -0.2) is 0 Å². The molecule has 0 aromatic heterocycles. The van der Waals surface area contributed by atoms with Crippen LogP contribution >= 0.6 is 0 Å². The molecule has 0 saturated heterocycles. The molecule has 2 nitrogen and oxygen atoms in total. The largest absolute Gasteiger partial charge is 0.310 e. The summed E-state index contributed by atoms with van der Waals surface area (Å²) in [6, 6.07) is 80.8. The predicted molar refractivity (Wildman–Crippen MR) is 304 cm³/mol. The smallest absolute Gasteiger partial charge is 0.0619 e. The topological polar surface area (TPSA) is 6.48 Å². The summed E-state index contributed by atoms with van der Waals surface area (Å²) in [4.78, 5) is 4.90. The maximum atomic E-state index is 2.47. The van der Waals surface area contributed by atoms with Crippen LogP contribution in [0.4, 0.5) is 34.1 Å². The maximum Gasteiger partial charge on any atom is 0.0619 e. The van der Waals surface area contributed by atoms with Crippen molar-refractivity contribution in [2.75, 3.05) is 9.80 Å². The minimum Gasteiger partial charge on any atom is -0.310 e. The van der Waals surface area contributed by atoms with Gasteiger partial charge in [-0.2, -0.15) is 0 Å². The zero-order valence-corrected chi connectivity index (χ0v) is 40.0. The normalized spacial score (nSPS) is 11.9. The highest BCUT2D eigenvalue weighted by Gasteiger charge is 2.25. The van der Waals surface area contributed by atoms with Crippen molar-refractivity contribution in [1.29, 1.82) is 0 Å². The van der Waals surface area contributed by atoms with Gasteiger partial charge in [-0.3, -0.25) is 0 Å². The molecular weight excluding hydrogens is 845 g/mol. The standard InChI is InChI=1S/C68H52N2/c1-45-15-23-49(24-16-45)27-29-51-31-39-54(40-32-51)69(53-35-19-47(3)20-36-53)64-44-43-59-57-11-7-14-63-67(57)66(62-13-8-12-61(64)65(59)62)58-9-5-6-10-60(58)68(63)70(55-37-21-48(4)22-38-55)56-41-33-52(34-42-56)30-28-50-25-17-46(2)18-26-50/h5-44H,1-4H3/b29-27+,30-28+. The van der Waals surface area contributed by atoms with Crippen molar-refractivity contribution < 1.29 is 0 Å². The first-order valence-corrected chi connectivity index (χ1v) is 24.3. The molecule has 0 spiro atoms. The van der Waals surface area contributed by atoms with Crippen LogP contribution < -0.4 is 9.80 Å². The van der Waals surface area contributed by atoms with E-state index in [0.717, 1.165) is 39.6 Å². The molecule has 0 bridgehead atoms. The van der Waals surface area contributed by atoms with Gasteiger partial charge in [-0.15, -0.1) is 0 Å². The van der Waals surface area contributed by atoms with Crippen LogP contribution in [-0.2, 0) is 0 Å². The third kappa shape index (κ3) is 7.74. The van der Waals surface area contributed by atoms with Crippen molar-refractivity contribution in [2.45, 2.75) is 27.7 Å². The lowest BCUT2D eigenvalue weighted by Gasteiger charge is -2.30. The van der Waals surface area contributed by atoms with Gasteiger partial charge in [0.2, 0.25) is 0 Å². The molecular formula is C68H52N2. The van der Waals surface area contributed by atoms with Crippen molar-refractivity contribution in [3.05, 3.63) is 263 Å². The highest BCUT2D eigenvalue weighted by molar-refractivity contribution is 6.41. The summed E-state index contributed by atoms with van der Waals surface area (Å²) in [6.45, 7) is 8.57. The minimum atomic E-state index is 1.11. The number of fused-ring (bicyclic) bond motifs is 4. The second-order valence-corrected chi connectivity index (χ2v) is 18.9. The molecule has 334 valence electrons. The Labute approximate surface area is 410 Å². The Bertz CT molecular complexity index is 3920. The van der Waals surface area contributed by atoms with Gasteiger partial charge in [-0.1, -0.05) is 210 Å². The van der Waals surface area contributed by atoms with Crippen molar-refractivity contribution in [1.82, 2.24) is 0 Å². The number of rotatable bonds is 10. The van der Waals surface area contributed by atoms with E-state index in [-0.39, 0.29) is 0 Å². The number of nitrogens with zero attached hydrogens (tertiary/aromatic N) is 2. The third-order valence-electron chi connectivity index (χ3n) is 14.0. The van der Waals surface area contributed by atoms with Crippen LogP contribution in [0.1, 0.15) is 44.5 Å². The quantitative estimate of drug-likeness (QED) is 0.0767. The fourth-order valence-electron chi connectivity index (χ4n) is 10.4. The molecule has 0 aliphatic carbocycles. The zero-order chi connectivity index (χ0) is 47.3. The van der Waals surface area contributed by atoms with Gasteiger partial charge in [0.15, 0.2) is 0 Å². The van der Waals surface area contributed by atoms with Crippen molar-refractivity contribution in [3.8, 4) is 0 Å². The molecule has 0 unspecified atom stereocenters. The number of anilines is 6. The zero-order valence-electron chi connectivity index (χ0n) is 40.0. The van der Waals surface area contributed by atoms with E-state index in [4.69, 9.17) is 0 Å². The Morgan fingerprint density at radius 3 is 1.07 bits per heavy atom. The van der Waals surface area contributed by atoms with Crippen LogP contribution in [0.3, 0.4) is 0 Å². The van der Waals surface area contributed by atoms with Gasteiger partial charge >= 0.3 is 0 Å². The highest BCUT2D eigenvalue weighted by Crippen LogP contribution is 2.52. The van der Waals surface area contributed by atoms with E-state index in [0.29, 0.717) is 0 Å². The molecule has 0 fully saturated rings. The molecule has 70 heavy (non-hydrogen) atoms. The van der Waals surface area contributed by atoms with Crippen LogP contribution in [0.25, 0.3) is 78.2 Å². The molecule has 2 heteroatoms. The lowest BCUT2D eigenvalue weighted by molar-refractivity contribution is 1.29. The van der Waals surface area contributed by atoms with E-state index in [1.165, 1.54) is 92.9 Å². The molecule has 0 amide bonds. The SMILES string of the molecule is Cc1ccc(/C=C/c2ccc(N(c3ccc(C)cc3)c3ccc4c5cccc6c(N(c7ccc(C)cc7)c7ccc(/C=C/c8ccc(C)cc8)cc7)c7ccccc7c(c7cccc3c47)c65)cc2)cc1. The first kappa shape index (κ1) is 42.6. The second kappa shape index (κ2) is 17.7. The molecule has 12 aromatic carbocycles. The summed E-state index contributed by atoms with van der Waals surface area (Å²) >= 11 is 0. The van der Waals surface area contributed by atoms with Crippen LogP contribution in [0.5, 0.6) is 0 Å². The van der Waals surface area contributed by atoms with Gasteiger partial charge in [0.05, 0.1) is 11.4 Å². The Morgan fingerprint density at radius 2 is 0.571 bits per heavy atom. The van der Waals surface area contributed by atoms with E-state index >= 15 is 0 Å². The lowest BCUT2D eigenvalue weighted by atomic mass is 9.85. The molecule has 0 saturated carbocycles. The molecule has 0 aliphatic heterocycles. The van der Waals surface area contributed by atoms with Crippen LogP contribution in [0.15, 0.2) is 218 Å². The average Bonchev–Trinajstić information content (AvgIpc) is 3.40. The minimum absolute atomic E-state index is 1.11. The average molecular weight is 897 g/mol. The fraction of sp³-hybridized carbons (Fsp3) is 0.0588. The highest BCUT2D eigenvalue weighted by atomic mass is 15.1. The van der Waals surface area contributed by atoms with Gasteiger partial charge in [0, 0.05) is 44.3 Å². The van der Waals surface area contributed by atoms with Crippen molar-refractivity contribution >= 4 is 112 Å². The number of hydrogen-bond donors (Lipinski definition) is 0. The van der Waals surface area contributed by atoms with E-state index in [9.17, 15) is 0 Å². The summed E-state index contributed by atoms with van der Waals surface area (Å²) in [5.41, 5.74) is 16.5.